The van der Waals surface area contributed by atoms with Crippen LogP contribution in [0.15, 0.2) is 133 Å². The van der Waals surface area contributed by atoms with Gasteiger partial charge in [0.1, 0.15) is 11.5 Å². The van der Waals surface area contributed by atoms with Gasteiger partial charge < -0.3 is 9.47 Å². The summed E-state index contributed by atoms with van der Waals surface area (Å²) in [5.41, 5.74) is 1.94. The number of para-hydroxylation sites is 1. The predicted octanol–water partition coefficient (Wildman–Crippen LogP) is 7.50. The van der Waals surface area contributed by atoms with Crippen molar-refractivity contribution in [3.63, 3.8) is 0 Å². The van der Waals surface area contributed by atoms with Gasteiger partial charge in [-0.15, -0.1) is 0 Å². The number of ether oxygens (including phenoxy) is 2. The summed E-state index contributed by atoms with van der Waals surface area (Å²) in [6.45, 7) is 0. The Hall–Kier alpha value is -5.02. The smallest absolute Gasteiger partial charge is 0.239 e. The SMILES string of the molecule is COc1ccc(C2=C(c3ccc(OC)cc3)[C@@]3(c4ccccc4)C(=O)[C@@]2(c2ccccc2)[C@@H]2C(=O)N(c4ccccc4I)C(=O)[C@@H]23)cc1. The number of Topliss-reactive ketones (excluding diaryl/α,β-unsaturated/α-hetero) is 1. The number of halogens is 1. The van der Waals surface area contributed by atoms with Crippen LogP contribution in [0.5, 0.6) is 11.5 Å². The first-order valence-corrected chi connectivity index (χ1v) is 16.8. The van der Waals surface area contributed by atoms with Gasteiger partial charge in [-0.25, -0.2) is 4.90 Å². The molecule has 7 heteroatoms. The molecule has 0 spiro atoms. The van der Waals surface area contributed by atoms with Gasteiger partial charge in [-0.3, -0.25) is 14.4 Å². The zero-order valence-corrected chi connectivity index (χ0v) is 28.4. The van der Waals surface area contributed by atoms with Crippen molar-refractivity contribution < 1.29 is 23.9 Å². The number of ketones is 1. The third-order valence-electron chi connectivity index (χ3n) is 10.3. The van der Waals surface area contributed by atoms with Crippen molar-refractivity contribution in [2.45, 2.75) is 10.8 Å². The van der Waals surface area contributed by atoms with Gasteiger partial charge in [-0.05, 0) is 92.4 Å². The highest BCUT2D eigenvalue weighted by molar-refractivity contribution is 14.1. The summed E-state index contributed by atoms with van der Waals surface area (Å²) in [4.78, 5) is 47.6. The molecule has 1 saturated heterocycles. The molecule has 0 aromatic heterocycles. The van der Waals surface area contributed by atoms with E-state index in [1.54, 1.807) is 20.3 Å². The van der Waals surface area contributed by atoms with Crippen molar-refractivity contribution in [1.82, 2.24) is 0 Å². The zero-order chi connectivity index (χ0) is 33.2. The maximum atomic E-state index is 16.0. The number of nitrogens with zero attached hydrogens (tertiary/aromatic N) is 1. The number of hydrogen-bond donors (Lipinski definition) is 0. The van der Waals surface area contributed by atoms with Gasteiger partial charge in [0.05, 0.1) is 42.6 Å². The van der Waals surface area contributed by atoms with Gasteiger partial charge in [0, 0.05) is 3.57 Å². The van der Waals surface area contributed by atoms with E-state index in [4.69, 9.17) is 9.47 Å². The maximum Gasteiger partial charge on any atom is 0.239 e. The lowest BCUT2D eigenvalue weighted by Crippen LogP contribution is -2.45. The molecule has 236 valence electrons. The monoisotopic (exact) mass is 743 g/mol. The minimum atomic E-state index is -1.48. The number of carbonyl (C=O) groups excluding carboxylic acids is 3. The standard InChI is InChI=1S/C41H30INO5/c1-47-29-21-17-25(18-22-29)33-34(26-19-23-30(48-2)24-20-26)41(28-13-7-4-8-14-28)36-35(40(33,39(41)46)27-11-5-3-6-12-27)37(44)43(38(36)45)32-16-10-9-15-31(32)42/h3-24,35-36H,1-2H3/t35-,36+,40-,41-/m1/s1. The Balaban J connectivity index is 1.55. The summed E-state index contributed by atoms with van der Waals surface area (Å²) >= 11 is 2.17. The van der Waals surface area contributed by atoms with Crippen LogP contribution in [0.4, 0.5) is 5.69 Å². The van der Waals surface area contributed by atoms with Gasteiger partial charge in [-0.2, -0.15) is 0 Å². The lowest BCUT2D eigenvalue weighted by Gasteiger charge is -2.39. The number of rotatable bonds is 7. The first kappa shape index (κ1) is 30.3. The molecule has 2 amide bonds. The quantitative estimate of drug-likeness (QED) is 0.128. The van der Waals surface area contributed by atoms with Crippen molar-refractivity contribution >= 4 is 57.0 Å². The summed E-state index contributed by atoms with van der Waals surface area (Å²) < 4.78 is 11.8. The second-order valence-electron chi connectivity index (χ2n) is 12.3. The van der Waals surface area contributed by atoms with Crippen LogP contribution in [0, 0.1) is 15.4 Å². The number of methoxy groups -OCH3 is 2. The van der Waals surface area contributed by atoms with Crippen molar-refractivity contribution in [2.24, 2.45) is 11.8 Å². The molecule has 0 radical (unpaired) electrons. The summed E-state index contributed by atoms with van der Waals surface area (Å²) in [6.07, 6.45) is 0. The van der Waals surface area contributed by atoms with Gasteiger partial charge in [-0.1, -0.05) is 97.1 Å². The highest BCUT2D eigenvalue weighted by Gasteiger charge is 2.82. The normalized spacial score (nSPS) is 24.3. The van der Waals surface area contributed by atoms with Crippen molar-refractivity contribution in [3.8, 4) is 11.5 Å². The second-order valence-corrected chi connectivity index (χ2v) is 13.5. The largest absolute Gasteiger partial charge is 0.497 e. The maximum absolute atomic E-state index is 16.0. The molecular weight excluding hydrogens is 713 g/mol. The number of carbonyl (C=O) groups is 3. The first-order valence-electron chi connectivity index (χ1n) is 15.7. The highest BCUT2D eigenvalue weighted by Crippen LogP contribution is 2.74. The number of imide groups is 1. The topological polar surface area (TPSA) is 72.9 Å². The van der Waals surface area contributed by atoms with Crippen LogP contribution in [-0.4, -0.2) is 31.8 Å². The van der Waals surface area contributed by atoms with E-state index in [-0.39, 0.29) is 17.6 Å². The molecule has 1 heterocycles. The van der Waals surface area contributed by atoms with E-state index in [1.807, 2.05) is 127 Å². The van der Waals surface area contributed by atoms with Crippen LogP contribution in [-0.2, 0) is 25.2 Å². The lowest BCUT2D eigenvalue weighted by molar-refractivity contribution is -0.130. The van der Waals surface area contributed by atoms with Gasteiger partial charge in [0.25, 0.3) is 0 Å². The van der Waals surface area contributed by atoms with Crippen LogP contribution < -0.4 is 14.4 Å². The zero-order valence-electron chi connectivity index (χ0n) is 26.2. The number of fused-ring (bicyclic) bond motifs is 5. The molecule has 6 nitrogen and oxygen atoms in total. The number of benzene rings is 5. The van der Waals surface area contributed by atoms with Gasteiger partial charge >= 0.3 is 0 Å². The molecule has 1 aliphatic heterocycles. The van der Waals surface area contributed by atoms with Crippen LogP contribution in [0.1, 0.15) is 22.3 Å². The fourth-order valence-corrected chi connectivity index (χ4v) is 9.14. The fraction of sp³-hybridized carbons (Fsp3) is 0.146. The van der Waals surface area contributed by atoms with E-state index in [1.165, 1.54) is 4.90 Å². The molecule has 0 unspecified atom stereocenters. The minimum absolute atomic E-state index is 0.164. The Morgan fingerprint density at radius 1 is 0.542 bits per heavy atom. The fourth-order valence-electron chi connectivity index (χ4n) is 8.51. The molecular formula is C41H30INO5. The van der Waals surface area contributed by atoms with E-state index < -0.39 is 22.7 Å². The first-order chi connectivity index (χ1) is 23.4. The van der Waals surface area contributed by atoms with Crippen molar-refractivity contribution in [3.05, 3.63) is 159 Å². The van der Waals surface area contributed by atoms with E-state index in [9.17, 15) is 0 Å². The van der Waals surface area contributed by atoms with Gasteiger partial charge in [0.15, 0.2) is 5.78 Å². The van der Waals surface area contributed by atoms with Gasteiger partial charge in [0.2, 0.25) is 11.8 Å². The molecule has 2 fully saturated rings. The Labute approximate surface area is 292 Å². The Kier molecular flexibility index (Phi) is 7.14. The molecule has 1 saturated carbocycles. The van der Waals surface area contributed by atoms with E-state index in [0.717, 1.165) is 25.8 Å². The highest BCUT2D eigenvalue weighted by atomic mass is 127. The number of amides is 2. The summed E-state index contributed by atoms with van der Waals surface area (Å²) in [5.74, 6) is -1.55. The number of hydrogen-bond acceptors (Lipinski definition) is 5. The molecule has 0 N–H and O–H groups in total. The molecule has 2 bridgehead atoms. The average Bonchev–Trinajstić information content (AvgIpc) is 3.64. The molecule has 2 aliphatic carbocycles. The van der Waals surface area contributed by atoms with Crippen LogP contribution in [0.2, 0.25) is 0 Å². The summed E-state index contributed by atoms with van der Waals surface area (Å²) in [7, 11) is 3.22. The van der Waals surface area contributed by atoms with E-state index in [2.05, 4.69) is 22.6 Å². The average molecular weight is 744 g/mol. The number of allylic oxidation sites excluding steroid dienone is 2. The minimum Gasteiger partial charge on any atom is -0.497 e. The Bertz CT molecular complexity index is 2000. The van der Waals surface area contributed by atoms with Crippen molar-refractivity contribution in [2.75, 3.05) is 19.1 Å². The lowest BCUT2D eigenvalue weighted by atomic mass is 9.59. The van der Waals surface area contributed by atoms with E-state index in [0.29, 0.717) is 28.3 Å². The molecule has 4 atom stereocenters. The molecule has 5 aromatic carbocycles. The molecule has 3 aliphatic rings. The predicted molar refractivity (Wildman–Crippen MR) is 193 cm³/mol. The third kappa shape index (κ3) is 3.88. The third-order valence-corrected chi connectivity index (χ3v) is 11.2. The molecule has 5 aromatic rings. The molecule has 48 heavy (non-hydrogen) atoms. The second kappa shape index (κ2) is 11.3. The van der Waals surface area contributed by atoms with Crippen LogP contribution >= 0.6 is 22.6 Å². The van der Waals surface area contributed by atoms with Crippen LogP contribution in [0.3, 0.4) is 0 Å². The molecule has 8 rings (SSSR count). The Morgan fingerprint density at radius 3 is 1.33 bits per heavy atom. The van der Waals surface area contributed by atoms with E-state index >= 15 is 14.4 Å². The Morgan fingerprint density at radius 2 is 0.938 bits per heavy atom. The summed E-state index contributed by atoms with van der Waals surface area (Å²) in [5, 5.41) is 0. The van der Waals surface area contributed by atoms with Crippen LogP contribution in [0.25, 0.3) is 11.1 Å². The number of anilines is 1. The summed E-state index contributed by atoms with van der Waals surface area (Å²) in [6, 6.07) is 41.7. The van der Waals surface area contributed by atoms with Crippen molar-refractivity contribution in [1.29, 1.82) is 0 Å².